The summed E-state index contributed by atoms with van der Waals surface area (Å²) >= 11 is 0. The fourth-order valence-electron chi connectivity index (χ4n) is 2.91. The van der Waals surface area contributed by atoms with E-state index in [1.165, 1.54) is 11.1 Å². The quantitative estimate of drug-likeness (QED) is 0.749. The minimum absolute atomic E-state index is 0.274. The maximum atomic E-state index is 12.6. The molecular formula is C18H20F3N5O4. The number of carbonyl (C=O) groups is 2. The number of hydrogen-bond acceptors (Lipinski definition) is 7. The van der Waals surface area contributed by atoms with Crippen LogP contribution in [-0.2, 0) is 10.9 Å². The molecule has 2 aromatic heterocycles. The number of urea groups is 1. The fraction of sp³-hybridized carbons (Fsp3) is 0.444. The van der Waals surface area contributed by atoms with Crippen LogP contribution >= 0.6 is 0 Å². The largest absolute Gasteiger partial charge is 0.462 e. The molecule has 0 unspecified atom stereocenters. The van der Waals surface area contributed by atoms with Gasteiger partial charge in [-0.3, -0.25) is 5.32 Å². The van der Waals surface area contributed by atoms with Gasteiger partial charge in [-0.05, 0) is 25.5 Å². The van der Waals surface area contributed by atoms with E-state index < -0.39 is 23.9 Å². The van der Waals surface area contributed by atoms with Crippen molar-refractivity contribution in [2.45, 2.75) is 19.5 Å². The Bertz CT molecular complexity index is 885. The lowest BCUT2D eigenvalue weighted by Crippen LogP contribution is -2.38. The molecule has 2 aromatic rings. The highest BCUT2D eigenvalue weighted by Gasteiger charge is 2.35. The molecule has 0 bridgehead atoms. The summed E-state index contributed by atoms with van der Waals surface area (Å²) in [7, 11) is 0. The molecule has 162 valence electrons. The number of hydrogen-bond donors (Lipinski definition) is 1. The molecule has 0 saturated carbocycles. The molecule has 30 heavy (non-hydrogen) atoms. The molecule has 0 atom stereocenters. The van der Waals surface area contributed by atoms with Crippen LogP contribution in [0.15, 0.2) is 28.9 Å². The summed E-state index contributed by atoms with van der Waals surface area (Å²) in [6.07, 6.45) is -2.59. The molecule has 0 radical (unpaired) electrons. The van der Waals surface area contributed by atoms with E-state index in [1.54, 1.807) is 19.1 Å². The van der Waals surface area contributed by atoms with Crippen molar-refractivity contribution in [3.8, 4) is 0 Å². The van der Waals surface area contributed by atoms with Gasteiger partial charge < -0.3 is 19.1 Å². The second-order valence-corrected chi connectivity index (χ2v) is 6.46. The zero-order valence-corrected chi connectivity index (χ0v) is 16.1. The van der Waals surface area contributed by atoms with Crippen LogP contribution < -0.4 is 10.2 Å². The molecule has 2 amide bonds. The average Bonchev–Trinajstić information content (AvgIpc) is 3.04. The number of nitrogens with one attached hydrogen (secondary N) is 1. The Balaban J connectivity index is 1.57. The minimum Gasteiger partial charge on any atom is -0.462 e. The van der Waals surface area contributed by atoms with Crippen LogP contribution in [0.4, 0.5) is 29.7 Å². The van der Waals surface area contributed by atoms with Crippen molar-refractivity contribution in [2.24, 2.45) is 0 Å². The maximum absolute atomic E-state index is 12.6. The third kappa shape index (κ3) is 5.19. The third-order valence-electron chi connectivity index (χ3n) is 4.40. The minimum atomic E-state index is -4.65. The van der Waals surface area contributed by atoms with Gasteiger partial charge in [0.05, 0.1) is 12.2 Å². The Hall–Kier alpha value is -3.31. The Morgan fingerprint density at radius 1 is 1.23 bits per heavy atom. The van der Waals surface area contributed by atoms with Crippen molar-refractivity contribution in [2.75, 3.05) is 43.0 Å². The number of alkyl halides is 3. The molecule has 1 aliphatic heterocycles. The predicted molar refractivity (Wildman–Crippen MR) is 99.1 cm³/mol. The van der Waals surface area contributed by atoms with Gasteiger partial charge in [-0.2, -0.15) is 13.2 Å². The number of aromatic nitrogens is 2. The topological polar surface area (TPSA) is 101 Å². The van der Waals surface area contributed by atoms with E-state index in [9.17, 15) is 22.8 Å². The van der Waals surface area contributed by atoms with Crippen molar-refractivity contribution in [3.63, 3.8) is 0 Å². The number of nitrogens with zero attached hydrogens (tertiary/aromatic N) is 4. The predicted octanol–water partition coefficient (Wildman–Crippen LogP) is 3.01. The van der Waals surface area contributed by atoms with E-state index in [2.05, 4.69) is 20.0 Å². The molecule has 1 N–H and O–H groups in total. The first-order chi connectivity index (χ1) is 14.3. The second-order valence-electron chi connectivity index (χ2n) is 6.46. The lowest BCUT2D eigenvalue weighted by molar-refractivity contribution is -0.142. The molecule has 0 aromatic carbocycles. The van der Waals surface area contributed by atoms with Gasteiger partial charge in [-0.1, -0.05) is 5.16 Å². The molecular weight excluding hydrogens is 407 g/mol. The Kier molecular flexibility index (Phi) is 6.43. The third-order valence-corrected chi connectivity index (χ3v) is 4.40. The first kappa shape index (κ1) is 21.4. The fourth-order valence-corrected chi connectivity index (χ4v) is 2.91. The second kappa shape index (κ2) is 9.01. The van der Waals surface area contributed by atoms with E-state index in [0.717, 1.165) is 0 Å². The molecule has 12 heteroatoms. The van der Waals surface area contributed by atoms with Crippen LogP contribution in [-0.4, -0.2) is 59.8 Å². The summed E-state index contributed by atoms with van der Waals surface area (Å²) in [5.41, 5.74) is -0.862. The molecule has 0 spiro atoms. The van der Waals surface area contributed by atoms with Crippen molar-refractivity contribution in [1.29, 1.82) is 0 Å². The van der Waals surface area contributed by atoms with Gasteiger partial charge in [-0.15, -0.1) is 0 Å². The zero-order chi connectivity index (χ0) is 21.7. The standard InChI is InChI=1S/C18H20F3N5O4/c1-2-29-16(27)12-4-5-14(22-11-12)25-6-3-7-26(9-8-25)17(28)23-15-10-13(24-30-15)18(19,20)21/h4-5,10-11H,2-3,6-9H2,1H3,(H,23,28). The first-order valence-corrected chi connectivity index (χ1v) is 9.26. The van der Waals surface area contributed by atoms with Gasteiger partial charge in [-0.25, -0.2) is 14.6 Å². The van der Waals surface area contributed by atoms with Crippen LogP contribution in [0.1, 0.15) is 29.4 Å². The molecule has 1 saturated heterocycles. The highest BCUT2D eigenvalue weighted by atomic mass is 19.4. The van der Waals surface area contributed by atoms with Gasteiger partial charge in [0.25, 0.3) is 0 Å². The summed E-state index contributed by atoms with van der Waals surface area (Å²) in [4.78, 5) is 31.8. The van der Waals surface area contributed by atoms with Crippen molar-refractivity contribution >= 4 is 23.7 Å². The zero-order valence-electron chi connectivity index (χ0n) is 16.1. The Morgan fingerprint density at radius 2 is 2.03 bits per heavy atom. The number of halogens is 3. The number of amides is 2. The number of pyridine rings is 1. The summed E-state index contributed by atoms with van der Waals surface area (Å²) in [5.74, 6) is -0.170. The average molecular weight is 427 g/mol. The van der Waals surface area contributed by atoms with Crippen LogP contribution in [0.5, 0.6) is 0 Å². The van der Waals surface area contributed by atoms with E-state index >= 15 is 0 Å². The van der Waals surface area contributed by atoms with Crippen molar-refractivity contribution < 1.29 is 32.0 Å². The van der Waals surface area contributed by atoms with E-state index in [0.29, 0.717) is 50.0 Å². The normalized spacial score (nSPS) is 14.9. The molecule has 0 aliphatic carbocycles. The van der Waals surface area contributed by atoms with E-state index in [1.807, 2.05) is 4.90 Å². The van der Waals surface area contributed by atoms with Crippen molar-refractivity contribution in [1.82, 2.24) is 15.0 Å². The molecule has 9 nitrogen and oxygen atoms in total. The lowest BCUT2D eigenvalue weighted by atomic mass is 10.2. The van der Waals surface area contributed by atoms with Crippen LogP contribution in [0, 0.1) is 0 Å². The molecule has 1 fully saturated rings. The molecule has 3 heterocycles. The monoisotopic (exact) mass is 427 g/mol. The van der Waals surface area contributed by atoms with Gasteiger partial charge in [0.1, 0.15) is 5.82 Å². The SMILES string of the molecule is CCOC(=O)c1ccc(N2CCCN(C(=O)Nc3cc(C(F)(F)F)no3)CC2)nc1. The summed E-state index contributed by atoms with van der Waals surface area (Å²) in [5, 5.41) is 5.19. The van der Waals surface area contributed by atoms with Gasteiger partial charge in [0.2, 0.25) is 5.88 Å². The maximum Gasteiger partial charge on any atom is 0.436 e. The summed E-state index contributed by atoms with van der Waals surface area (Å²) in [6, 6.07) is 3.39. The van der Waals surface area contributed by atoms with E-state index in [4.69, 9.17) is 4.74 Å². The lowest BCUT2D eigenvalue weighted by Gasteiger charge is -2.22. The van der Waals surface area contributed by atoms with Gasteiger partial charge in [0, 0.05) is 38.4 Å². The van der Waals surface area contributed by atoms with Crippen molar-refractivity contribution in [3.05, 3.63) is 35.7 Å². The number of carbonyl (C=O) groups excluding carboxylic acids is 2. The highest BCUT2D eigenvalue weighted by Crippen LogP contribution is 2.29. The summed E-state index contributed by atoms with van der Waals surface area (Å²) in [6.45, 7) is 3.81. The van der Waals surface area contributed by atoms with Gasteiger partial charge in [0.15, 0.2) is 5.69 Å². The smallest absolute Gasteiger partial charge is 0.436 e. The molecule has 1 aliphatic rings. The van der Waals surface area contributed by atoms with Crippen LogP contribution in [0.25, 0.3) is 0 Å². The first-order valence-electron chi connectivity index (χ1n) is 9.26. The summed E-state index contributed by atoms with van der Waals surface area (Å²) < 4.78 is 47.2. The van der Waals surface area contributed by atoms with Crippen LogP contribution in [0.3, 0.4) is 0 Å². The number of rotatable bonds is 4. The van der Waals surface area contributed by atoms with Crippen LogP contribution in [0.2, 0.25) is 0 Å². The van der Waals surface area contributed by atoms with E-state index in [-0.39, 0.29) is 12.5 Å². The van der Waals surface area contributed by atoms with Gasteiger partial charge >= 0.3 is 18.2 Å². The molecule has 3 rings (SSSR count). The number of ether oxygens (including phenoxy) is 1. The Morgan fingerprint density at radius 3 is 2.67 bits per heavy atom. The highest BCUT2D eigenvalue weighted by molar-refractivity contribution is 5.89. The number of esters is 1. The number of anilines is 2. The Labute approximate surface area is 169 Å².